The molecule has 0 aliphatic carbocycles. The molecule has 10 nitrogen and oxygen atoms in total. The number of aliphatic hydroxyl groups is 1. The largest absolute Gasteiger partial charge is 0.384 e. The highest BCUT2D eigenvalue weighted by Crippen LogP contribution is 2.46. The molecule has 0 saturated carbocycles. The number of likely N-dealkylation sites (tertiary alicyclic amines) is 1. The molecule has 11 heteroatoms. The SMILES string of the molecule is C[C@H](CC(=O)N1CC[C@](O)(c2ccc(Cl)cc2)C(C)(C)C1)NC(=O)c1cccc(-c2nnn(COCc3ccccc3)n2)c1. The molecule has 2 atom stereocenters. The summed E-state index contributed by atoms with van der Waals surface area (Å²) in [5, 5.41) is 27.7. The van der Waals surface area contributed by atoms with Crippen LogP contribution in [0.5, 0.6) is 0 Å². The summed E-state index contributed by atoms with van der Waals surface area (Å²) in [6.07, 6.45) is 0.540. The average Bonchev–Trinajstić information content (AvgIpc) is 3.48. The first-order valence-corrected chi connectivity index (χ1v) is 15.0. The normalized spacial score (nSPS) is 18.5. The number of halogens is 1. The molecule has 1 aromatic heterocycles. The summed E-state index contributed by atoms with van der Waals surface area (Å²) in [6, 6.07) is 23.6. The number of carbonyl (C=O) groups excluding carboxylic acids is 2. The first-order valence-electron chi connectivity index (χ1n) is 14.6. The van der Waals surface area contributed by atoms with E-state index in [1.54, 1.807) is 48.2 Å². The molecule has 0 spiro atoms. The average molecular weight is 617 g/mol. The van der Waals surface area contributed by atoms with Crippen LogP contribution in [0.2, 0.25) is 5.02 Å². The van der Waals surface area contributed by atoms with Crippen molar-refractivity contribution in [2.45, 2.75) is 58.6 Å². The second-order valence-electron chi connectivity index (χ2n) is 11.9. The van der Waals surface area contributed by atoms with Crippen LogP contribution in [-0.2, 0) is 28.5 Å². The van der Waals surface area contributed by atoms with Crippen LogP contribution < -0.4 is 5.32 Å². The Morgan fingerprint density at radius 3 is 2.55 bits per heavy atom. The number of hydrogen-bond acceptors (Lipinski definition) is 7. The smallest absolute Gasteiger partial charge is 0.251 e. The van der Waals surface area contributed by atoms with Gasteiger partial charge in [0, 0.05) is 47.1 Å². The van der Waals surface area contributed by atoms with E-state index in [4.69, 9.17) is 16.3 Å². The van der Waals surface area contributed by atoms with Crippen molar-refractivity contribution in [1.82, 2.24) is 30.4 Å². The van der Waals surface area contributed by atoms with Crippen LogP contribution in [0.15, 0.2) is 78.9 Å². The molecule has 0 radical (unpaired) electrons. The number of carbonyl (C=O) groups is 2. The van der Waals surface area contributed by atoms with Crippen LogP contribution in [0, 0.1) is 5.41 Å². The standard InChI is InChI=1S/C33H37ClN6O4/c1-23(18-29(41)39-17-16-33(43,32(2,3)21-39)27-12-14-28(34)15-13-27)35-31(42)26-11-7-10-25(19-26)30-36-38-40(37-30)22-44-20-24-8-5-4-6-9-24/h4-15,19,23,43H,16-18,20-22H2,1-3H3,(H,35,42)/t23-,33+/m1/s1. The van der Waals surface area contributed by atoms with Crippen molar-refractivity contribution < 1.29 is 19.4 Å². The Hall–Kier alpha value is -4.12. The van der Waals surface area contributed by atoms with E-state index < -0.39 is 17.1 Å². The second-order valence-corrected chi connectivity index (χ2v) is 12.4. The zero-order valence-corrected chi connectivity index (χ0v) is 25.9. The van der Waals surface area contributed by atoms with Gasteiger partial charge in [-0.2, -0.15) is 0 Å². The van der Waals surface area contributed by atoms with Gasteiger partial charge < -0.3 is 20.1 Å². The molecule has 230 valence electrons. The van der Waals surface area contributed by atoms with Gasteiger partial charge in [0.1, 0.15) is 0 Å². The van der Waals surface area contributed by atoms with E-state index in [0.717, 1.165) is 11.1 Å². The van der Waals surface area contributed by atoms with Gasteiger partial charge in [0.2, 0.25) is 11.7 Å². The highest BCUT2D eigenvalue weighted by molar-refractivity contribution is 6.30. The van der Waals surface area contributed by atoms with Crippen molar-refractivity contribution in [1.29, 1.82) is 0 Å². The number of aromatic nitrogens is 4. The quantitative estimate of drug-likeness (QED) is 0.262. The van der Waals surface area contributed by atoms with E-state index in [-0.39, 0.29) is 25.0 Å². The number of rotatable bonds is 10. The predicted molar refractivity (Wildman–Crippen MR) is 166 cm³/mol. The maximum atomic E-state index is 13.2. The van der Waals surface area contributed by atoms with Crippen molar-refractivity contribution in [2.75, 3.05) is 13.1 Å². The first kappa shape index (κ1) is 31.3. The van der Waals surface area contributed by atoms with E-state index in [9.17, 15) is 14.7 Å². The van der Waals surface area contributed by atoms with Gasteiger partial charge in [-0.15, -0.1) is 15.0 Å². The zero-order chi connectivity index (χ0) is 31.3. The molecule has 1 aliphatic rings. The summed E-state index contributed by atoms with van der Waals surface area (Å²) >= 11 is 6.05. The lowest BCUT2D eigenvalue weighted by molar-refractivity contribution is -0.153. The molecule has 1 fully saturated rings. The van der Waals surface area contributed by atoms with Gasteiger partial charge in [-0.3, -0.25) is 9.59 Å². The molecule has 1 saturated heterocycles. The summed E-state index contributed by atoms with van der Waals surface area (Å²) in [5.41, 5.74) is 1.21. The second kappa shape index (κ2) is 13.3. The predicted octanol–water partition coefficient (Wildman–Crippen LogP) is 4.82. The van der Waals surface area contributed by atoms with Crippen molar-refractivity contribution >= 4 is 23.4 Å². The Labute approximate surface area is 262 Å². The minimum Gasteiger partial charge on any atom is -0.384 e. The summed E-state index contributed by atoms with van der Waals surface area (Å²) < 4.78 is 5.67. The van der Waals surface area contributed by atoms with Crippen molar-refractivity contribution in [3.8, 4) is 11.4 Å². The van der Waals surface area contributed by atoms with Crippen molar-refractivity contribution in [3.63, 3.8) is 0 Å². The highest BCUT2D eigenvalue weighted by atomic mass is 35.5. The fourth-order valence-electron chi connectivity index (χ4n) is 5.58. The van der Waals surface area contributed by atoms with Gasteiger partial charge in [0.25, 0.3) is 5.91 Å². The third-order valence-electron chi connectivity index (χ3n) is 8.14. The van der Waals surface area contributed by atoms with Crippen molar-refractivity contribution in [2.24, 2.45) is 5.41 Å². The molecule has 1 aliphatic heterocycles. The molecule has 3 aromatic carbocycles. The number of nitrogens with zero attached hydrogens (tertiary/aromatic N) is 5. The lowest BCUT2D eigenvalue weighted by atomic mass is 9.66. The molecule has 0 unspecified atom stereocenters. The Balaban J connectivity index is 1.14. The lowest BCUT2D eigenvalue weighted by Crippen LogP contribution is -2.57. The number of ether oxygens (including phenoxy) is 1. The molecule has 2 heterocycles. The van der Waals surface area contributed by atoms with E-state index in [1.165, 1.54) is 4.80 Å². The molecular formula is C33H37ClN6O4. The molecule has 2 amide bonds. The molecule has 5 rings (SSSR count). The van der Waals surface area contributed by atoms with Crippen LogP contribution in [0.1, 0.15) is 55.1 Å². The molecule has 2 N–H and O–H groups in total. The number of nitrogens with one attached hydrogen (secondary N) is 1. The van der Waals surface area contributed by atoms with Gasteiger partial charge in [-0.25, -0.2) is 0 Å². The van der Waals surface area contributed by atoms with E-state index in [0.29, 0.717) is 48.1 Å². The van der Waals surface area contributed by atoms with Gasteiger partial charge >= 0.3 is 0 Å². The maximum absolute atomic E-state index is 13.2. The monoisotopic (exact) mass is 616 g/mol. The Morgan fingerprint density at radius 1 is 1.07 bits per heavy atom. The van der Waals surface area contributed by atoms with Crippen LogP contribution in [0.3, 0.4) is 0 Å². The van der Waals surface area contributed by atoms with Crippen LogP contribution in [-0.4, -0.2) is 61.2 Å². The van der Waals surface area contributed by atoms with Gasteiger partial charge in [-0.1, -0.05) is 80.0 Å². The topological polar surface area (TPSA) is 122 Å². The summed E-state index contributed by atoms with van der Waals surface area (Å²) in [7, 11) is 0. The van der Waals surface area contributed by atoms with Gasteiger partial charge in [-0.05, 0) is 54.0 Å². The minimum absolute atomic E-state index is 0.0759. The van der Waals surface area contributed by atoms with Crippen LogP contribution in [0.25, 0.3) is 11.4 Å². The fraction of sp³-hybridized carbons (Fsp3) is 0.364. The number of tetrazole rings is 1. The number of hydrogen-bond donors (Lipinski definition) is 2. The van der Waals surface area contributed by atoms with Gasteiger partial charge in [0.15, 0.2) is 6.73 Å². The molecule has 44 heavy (non-hydrogen) atoms. The van der Waals surface area contributed by atoms with Crippen LogP contribution >= 0.6 is 11.6 Å². The highest BCUT2D eigenvalue weighted by Gasteiger charge is 2.49. The Morgan fingerprint density at radius 2 is 1.82 bits per heavy atom. The minimum atomic E-state index is -1.09. The van der Waals surface area contributed by atoms with E-state index >= 15 is 0 Å². The molecule has 0 bridgehead atoms. The van der Waals surface area contributed by atoms with Gasteiger partial charge in [0.05, 0.1) is 12.2 Å². The fourth-order valence-corrected chi connectivity index (χ4v) is 5.70. The number of piperidine rings is 1. The first-order chi connectivity index (χ1) is 21.0. The number of benzene rings is 3. The zero-order valence-electron chi connectivity index (χ0n) is 25.1. The maximum Gasteiger partial charge on any atom is 0.251 e. The molecular weight excluding hydrogens is 580 g/mol. The molecule has 4 aromatic rings. The van der Waals surface area contributed by atoms with E-state index in [1.807, 2.05) is 56.3 Å². The Kier molecular flexibility index (Phi) is 9.43. The summed E-state index contributed by atoms with van der Waals surface area (Å²) in [4.78, 5) is 29.5. The van der Waals surface area contributed by atoms with Crippen molar-refractivity contribution in [3.05, 3.63) is 101 Å². The van der Waals surface area contributed by atoms with E-state index in [2.05, 4.69) is 20.7 Å². The number of amides is 2. The summed E-state index contributed by atoms with van der Waals surface area (Å²) in [6.45, 7) is 7.10. The summed E-state index contributed by atoms with van der Waals surface area (Å²) in [5.74, 6) is -0.00707. The third kappa shape index (κ3) is 7.15. The lowest BCUT2D eigenvalue weighted by Gasteiger charge is -2.50. The van der Waals surface area contributed by atoms with Crippen LogP contribution in [0.4, 0.5) is 0 Å². The third-order valence-corrected chi connectivity index (χ3v) is 8.39. The Bertz CT molecular complexity index is 1590.